The van der Waals surface area contributed by atoms with Crippen molar-refractivity contribution in [2.24, 2.45) is 0 Å². The molecular formula is C9H9F2N3. The molecule has 0 fully saturated rings. The van der Waals surface area contributed by atoms with Crippen LogP contribution in [0.3, 0.4) is 0 Å². The van der Waals surface area contributed by atoms with Crippen molar-refractivity contribution in [1.82, 2.24) is 15.2 Å². The molecule has 0 aliphatic rings. The molecule has 5 heteroatoms. The summed E-state index contributed by atoms with van der Waals surface area (Å²) < 4.78 is 24.3. The average molecular weight is 197 g/mol. The molecule has 0 aliphatic carbocycles. The summed E-state index contributed by atoms with van der Waals surface area (Å²) in [6.45, 7) is 1.87. The number of nitrogens with one attached hydrogen (secondary N) is 1. The third kappa shape index (κ3) is 1.57. The van der Waals surface area contributed by atoms with Crippen LogP contribution in [0.5, 0.6) is 0 Å². The molecule has 0 unspecified atom stereocenters. The molecule has 2 rings (SSSR count). The number of H-pyrrole nitrogens is 1. The first-order chi connectivity index (χ1) is 6.66. The van der Waals surface area contributed by atoms with Crippen molar-refractivity contribution in [2.75, 3.05) is 0 Å². The van der Waals surface area contributed by atoms with Gasteiger partial charge in [-0.3, -0.25) is 5.10 Å². The van der Waals surface area contributed by atoms with Crippen molar-refractivity contribution in [1.29, 1.82) is 0 Å². The van der Waals surface area contributed by atoms with Crippen molar-refractivity contribution in [3.8, 4) is 0 Å². The fourth-order valence-corrected chi connectivity index (χ4v) is 1.36. The van der Waals surface area contributed by atoms with Crippen LogP contribution in [0.4, 0.5) is 8.78 Å². The second kappa shape index (κ2) is 3.32. The van der Waals surface area contributed by atoms with Crippen molar-refractivity contribution in [3.05, 3.63) is 23.5 Å². The molecule has 0 saturated carbocycles. The maximum absolute atomic E-state index is 12.2. The van der Waals surface area contributed by atoms with Gasteiger partial charge in [0.1, 0.15) is 0 Å². The molecule has 2 aromatic heterocycles. The molecular weight excluding hydrogens is 188 g/mol. The SMILES string of the molecule is Cc1cnc2n[nH]c(CC(F)F)c2c1. The topological polar surface area (TPSA) is 41.6 Å². The smallest absolute Gasteiger partial charge is 0.244 e. The van der Waals surface area contributed by atoms with E-state index in [0.717, 1.165) is 5.56 Å². The minimum atomic E-state index is -2.36. The number of pyridine rings is 1. The van der Waals surface area contributed by atoms with Gasteiger partial charge in [-0.1, -0.05) is 0 Å². The number of alkyl halides is 2. The summed E-state index contributed by atoms with van der Waals surface area (Å²) in [5.41, 5.74) is 1.88. The van der Waals surface area contributed by atoms with Crippen LogP contribution in [0.25, 0.3) is 11.0 Å². The Kier molecular flexibility index (Phi) is 2.15. The zero-order valence-corrected chi connectivity index (χ0v) is 7.59. The molecule has 0 bridgehead atoms. The number of aryl methyl sites for hydroxylation is 1. The van der Waals surface area contributed by atoms with Gasteiger partial charge in [0.25, 0.3) is 0 Å². The third-order valence-electron chi connectivity index (χ3n) is 1.98. The minimum absolute atomic E-state index is 0.304. The monoisotopic (exact) mass is 197 g/mol. The van der Waals surface area contributed by atoms with E-state index >= 15 is 0 Å². The summed E-state index contributed by atoms with van der Waals surface area (Å²) in [6, 6.07) is 1.81. The van der Waals surface area contributed by atoms with E-state index in [1.54, 1.807) is 6.20 Å². The zero-order chi connectivity index (χ0) is 10.1. The second-order valence-electron chi connectivity index (χ2n) is 3.18. The molecule has 74 valence electrons. The first-order valence-corrected chi connectivity index (χ1v) is 4.24. The van der Waals surface area contributed by atoms with Gasteiger partial charge in [0.2, 0.25) is 6.43 Å². The Bertz CT molecular complexity index is 450. The van der Waals surface area contributed by atoms with E-state index in [4.69, 9.17) is 0 Å². The predicted octanol–water partition coefficient (Wildman–Crippen LogP) is 2.07. The highest BCUT2D eigenvalue weighted by atomic mass is 19.3. The lowest BCUT2D eigenvalue weighted by atomic mass is 10.2. The van der Waals surface area contributed by atoms with Crippen LogP contribution in [0.1, 0.15) is 11.3 Å². The van der Waals surface area contributed by atoms with Crippen LogP contribution < -0.4 is 0 Å². The number of rotatable bonds is 2. The fraction of sp³-hybridized carbons (Fsp3) is 0.333. The standard InChI is InChI=1S/C9H9F2N3/c1-5-2-6-7(3-8(10)11)13-14-9(6)12-4-5/h2,4,8H,3H2,1H3,(H,12,13,14). The minimum Gasteiger partial charge on any atom is -0.280 e. The molecule has 0 aromatic carbocycles. The van der Waals surface area contributed by atoms with E-state index in [1.165, 1.54) is 0 Å². The molecule has 14 heavy (non-hydrogen) atoms. The van der Waals surface area contributed by atoms with Crippen molar-refractivity contribution in [3.63, 3.8) is 0 Å². The number of hydrogen-bond donors (Lipinski definition) is 1. The van der Waals surface area contributed by atoms with Crippen LogP contribution in [-0.2, 0) is 6.42 Å². The van der Waals surface area contributed by atoms with Crippen LogP contribution in [0.2, 0.25) is 0 Å². The average Bonchev–Trinajstić information content (AvgIpc) is 2.47. The van der Waals surface area contributed by atoms with Crippen molar-refractivity contribution >= 4 is 11.0 Å². The lowest BCUT2D eigenvalue weighted by molar-refractivity contribution is 0.148. The number of nitrogens with zero attached hydrogens (tertiary/aromatic N) is 2. The molecule has 0 saturated heterocycles. The van der Waals surface area contributed by atoms with Gasteiger partial charge in [0.15, 0.2) is 5.65 Å². The summed E-state index contributed by atoms with van der Waals surface area (Å²) >= 11 is 0. The van der Waals surface area contributed by atoms with E-state index in [-0.39, 0.29) is 6.42 Å². The van der Waals surface area contributed by atoms with Crippen LogP contribution in [-0.4, -0.2) is 21.6 Å². The van der Waals surface area contributed by atoms with E-state index in [9.17, 15) is 8.78 Å². The first-order valence-electron chi connectivity index (χ1n) is 4.24. The third-order valence-corrected chi connectivity index (χ3v) is 1.98. The van der Waals surface area contributed by atoms with E-state index < -0.39 is 6.43 Å². The number of aromatic nitrogens is 3. The summed E-state index contributed by atoms with van der Waals surface area (Å²) in [7, 11) is 0. The molecule has 2 heterocycles. The lowest BCUT2D eigenvalue weighted by Crippen LogP contribution is -1.97. The lowest BCUT2D eigenvalue weighted by Gasteiger charge is -1.97. The Morgan fingerprint density at radius 2 is 2.29 bits per heavy atom. The molecule has 0 atom stereocenters. The number of halogens is 2. The first kappa shape index (κ1) is 9.05. The molecule has 2 aromatic rings. The highest BCUT2D eigenvalue weighted by Gasteiger charge is 2.11. The quantitative estimate of drug-likeness (QED) is 0.800. The highest BCUT2D eigenvalue weighted by molar-refractivity contribution is 5.78. The predicted molar refractivity (Wildman–Crippen MR) is 48.3 cm³/mol. The Hall–Kier alpha value is -1.52. The number of fused-ring (bicyclic) bond motifs is 1. The molecule has 3 nitrogen and oxygen atoms in total. The molecule has 0 spiro atoms. The Balaban J connectivity index is 2.50. The molecule has 1 N–H and O–H groups in total. The Morgan fingerprint density at radius 3 is 3.00 bits per heavy atom. The van der Waals surface area contributed by atoms with Gasteiger partial charge in [0.05, 0.1) is 12.1 Å². The van der Waals surface area contributed by atoms with E-state index in [2.05, 4.69) is 15.2 Å². The maximum Gasteiger partial charge on any atom is 0.244 e. The van der Waals surface area contributed by atoms with E-state index in [0.29, 0.717) is 16.7 Å². The maximum atomic E-state index is 12.2. The molecule has 0 aliphatic heterocycles. The van der Waals surface area contributed by atoms with Crippen molar-refractivity contribution < 1.29 is 8.78 Å². The van der Waals surface area contributed by atoms with E-state index in [1.807, 2.05) is 13.0 Å². The summed E-state index contributed by atoms with van der Waals surface area (Å²) in [4.78, 5) is 4.02. The summed E-state index contributed by atoms with van der Waals surface area (Å²) in [5.74, 6) is 0. The van der Waals surface area contributed by atoms with Gasteiger partial charge in [-0.2, -0.15) is 5.10 Å². The van der Waals surface area contributed by atoms with Gasteiger partial charge in [-0.25, -0.2) is 13.8 Å². The molecule has 0 amide bonds. The Labute approximate surface area is 79.2 Å². The Morgan fingerprint density at radius 1 is 1.50 bits per heavy atom. The summed E-state index contributed by atoms with van der Waals surface area (Å²) in [6.07, 6.45) is -1.00. The fourth-order valence-electron chi connectivity index (χ4n) is 1.36. The van der Waals surface area contributed by atoms with Crippen LogP contribution in [0, 0.1) is 6.92 Å². The van der Waals surface area contributed by atoms with Crippen molar-refractivity contribution in [2.45, 2.75) is 19.8 Å². The van der Waals surface area contributed by atoms with Gasteiger partial charge in [0, 0.05) is 11.6 Å². The van der Waals surface area contributed by atoms with Gasteiger partial charge in [-0.15, -0.1) is 0 Å². The summed E-state index contributed by atoms with van der Waals surface area (Å²) in [5, 5.41) is 7.11. The van der Waals surface area contributed by atoms with Gasteiger partial charge < -0.3 is 0 Å². The largest absolute Gasteiger partial charge is 0.280 e. The molecule has 0 radical (unpaired) electrons. The van der Waals surface area contributed by atoms with Crippen LogP contribution >= 0.6 is 0 Å². The number of aromatic amines is 1. The normalized spacial score (nSPS) is 11.4. The zero-order valence-electron chi connectivity index (χ0n) is 7.59. The number of hydrogen-bond acceptors (Lipinski definition) is 2. The van der Waals surface area contributed by atoms with Crippen LogP contribution in [0.15, 0.2) is 12.3 Å². The second-order valence-corrected chi connectivity index (χ2v) is 3.18. The van der Waals surface area contributed by atoms with Gasteiger partial charge >= 0.3 is 0 Å². The highest BCUT2D eigenvalue weighted by Crippen LogP contribution is 2.17. The van der Waals surface area contributed by atoms with Gasteiger partial charge in [-0.05, 0) is 18.6 Å².